The first-order chi connectivity index (χ1) is 9.13. The minimum Gasteiger partial charge on any atom is -0.447 e. The van der Waals surface area contributed by atoms with Crippen molar-refractivity contribution in [3.05, 3.63) is 17.9 Å². The molecule has 1 unspecified atom stereocenters. The number of nitrogens with one attached hydrogen (secondary N) is 2. The van der Waals surface area contributed by atoms with Crippen molar-refractivity contribution >= 4 is 10.0 Å². The highest BCUT2D eigenvalue weighted by Crippen LogP contribution is 2.20. The SMILES string of the molecule is O=S(=O)(NC1CCOC1)c1ccc(CNC2CC2)o1. The molecule has 1 aliphatic heterocycles. The minimum atomic E-state index is -3.57. The van der Waals surface area contributed by atoms with Gasteiger partial charge in [-0.3, -0.25) is 0 Å². The van der Waals surface area contributed by atoms with Gasteiger partial charge in [-0.25, -0.2) is 13.1 Å². The van der Waals surface area contributed by atoms with Gasteiger partial charge in [-0.05, 0) is 31.4 Å². The summed E-state index contributed by atoms with van der Waals surface area (Å²) in [6, 6.07) is 3.62. The monoisotopic (exact) mass is 286 g/mol. The highest BCUT2D eigenvalue weighted by atomic mass is 32.2. The first kappa shape index (κ1) is 13.1. The fourth-order valence-electron chi connectivity index (χ4n) is 2.04. The van der Waals surface area contributed by atoms with Gasteiger partial charge in [0, 0.05) is 18.7 Å². The highest BCUT2D eigenvalue weighted by molar-refractivity contribution is 7.89. The fraction of sp³-hybridized carbons (Fsp3) is 0.667. The number of hydrogen-bond acceptors (Lipinski definition) is 5. The molecule has 0 radical (unpaired) electrons. The molecule has 6 nitrogen and oxygen atoms in total. The lowest BCUT2D eigenvalue weighted by molar-refractivity contribution is 0.192. The van der Waals surface area contributed by atoms with Gasteiger partial charge in [-0.2, -0.15) is 0 Å². The van der Waals surface area contributed by atoms with Gasteiger partial charge < -0.3 is 14.5 Å². The zero-order chi connectivity index (χ0) is 13.3. The molecule has 1 aliphatic carbocycles. The third-order valence-corrected chi connectivity index (χ3v) is 4.69. The van der Waals surface area contributed by atoms with Crippen molar-refractivity contribution in [2.45, 2.75) is 43.0 Å². The van der Waals surface area contributed by atoms with E-state index in [-0.39, 0.29) is 11.1 Å². The van der Waals surface area contributed by atoms with E-state index >= 15 is 0 Å². The van der Waals surface area contributed by atoms with Gasteiger partial charge in [0.1, 0.15) is 5.76 Å². The molecule has 0 amide bonds. The van der Waals surface area contributed by atoms with E-state index in [4.69, 9.17) is 9.15 Å². The van der Waals surface area contributed by atoms with Crippen LogP contribution in [0.1, 0.15) is 25.0 Å². The van der Waals surface area contributed by atoms with Crippen LogP contribution < -0.4 is 10.0 Å². The standard InChI is InChI=1S/C12H18N2O4S/c15-19(16,14-10-5-6-17-8-10)12-4-3-11(18-12)7-13-9-1-2-9/h3-4,9-10,13-14H,1-2,5-8H2. The molecule has 2 N–H and O–H groups in total. The van der Waals surface area contributed by atoms with E-state index in [1.54, 1.807) is 6.07 Å². The van der Waals surface area contributed by atoms with E-state index in [0.29, 0.717) is 38.0 Å². The van der Waals surface area contributed by atoms with Crippen LogP contribution in [0.15, 0.2) is 21.6 Å². The molecule has 2 heterocycles. The van der Waals surface area contributed by atoms with Crippen LogP contribution in [0.25, 0.3) is 0 Å². The maximum absolute atomic E-state index is 12.1. The molecule has 0 bridgehead atoms. The van der Waals surface area contributed by atoms with Gasteiger partial charge in [-0.15, -0.1) is 0 Å². The summed E-state index contributed by atoms with van der Waals surface area (Å²) in [5.74, 6) is 0.648. The van der Waals surface area contributed by atoms with Gasteiger partial charge in [0.15, 0.2) is 0 Å². The molecule has 0 aromatic carbocycles. The maximum Gasteiger partial charge on any atom is 0.274 e. The predicted octanol–water partition coefficient (Wildman–Crippen LogP) is 0.599. The second-order valence-corrected chi connectivity index (χ2v) is 6.70. The lowest BCUT2D eigenvalue weighted by Crippen LogP contribution is -2.34. The van der Waals surface area contributed by atoms with Crippen molar-refractivity contribution in [3.63, 3.8) is 0 Å². The van der Waals surface area contributed by atoms with Crippen molar-refractivity contribution < 1.29 is 17.6 Å². The third-order valence-electron chi connectivity index (χ3n) is 3.30. The van der Waals surface area contributed by atoms with Crippen LogP contribution in [0.4, 0.5) is 0 Å². The highest BCUT2D eigenvalue weighted by Gasteiger charge is 2.26. The molecule has 1 saturated heterocycles. The Kier molecular flexibility index (Phi) is 3.62. The average molecular weight is 286 g/mol. The Bertz CT molecular complexity index is 530. The number of hydrogen-bond donors (Lipinski definition) is 2. The summed E-state index contributed by atoms with van der Waals surface area (Å²) in [4.78, 5) is 0. The van der Waals surface area contributed by atoms with Crippen LogP contribution in [0.2, 0.25) is 0 Å². The van der Waals surface area contributed by atoms with Crippen molar-refractivity contribution in [2.24, 2.45) is 0 Å². The second kappa shape index (κ2) is 5.24. The molecule has 7 heteroatoms. The van der Waals surface area contributed by atoms with Crippen molar-refractivity contribution in [1.82, 2.24) is 10.0 Å². The molecule has 1 atom stereocenters. The van der Waals surface area contributed by atoms with Gasteiger partial charge >= 0.3 is 0 Å². The van der Waals surface area contributed by atoms with E-state index in [1.807, 2.05) is 0 Å². The molecular formula is C12H18N2O4S. The molecule has 1 saturated carbocycles. The Morgan fingerprint density at radius 1 is 1.21 bits per heavy atom. The lowest BCUT2D eigenvalue weighted by Gasteiger charge is -2.09. The van der Waals surface area contributed by atoms with Crippen LogP contribution in [0, 0.1) is 0 Å². The summed E-state index contributed by atoms with van der Waals surface area (Å²) in [5.41, 5.74) is 0. The van der Waals surface area contributed by atoms with Crippen LogP contribution >= 0.6 is 0 Å². The van der Waals surface area contributed by atoms with Crippen molar-refractivity contribution in [3.8, 4) is 0 Å². The lowest BCUT2D eigenvalue weighted by atomic mass is 10.3. The van der Waals surface area contributed by atoms with E-state index in [1.165, 1.54) is 18.9 Å². The average Bonchev–Trinajstić information content (AvgIpc) is 2.87. The summed E-state index contributed by atoms with van der Waals surface area (Å²) in [7, 11) is -3.57. The van der Waals surface area contributed by atoms with Crippen LogP contribution in [-0.4, -0.2) is 33.7 Å². The Morgan fingerprint density at radius 2 is 2.05 bits per heavy atom. The second-order valence-electron chi connectivity index (χ2n) is 5.06. The molecule has 1 aromatic rings. The molecule has 2 fully saturated rings. The molecule has 2 aliphatic rings. The number of furan rings is 1. The topological polar surface area (TPSA) is 80.6 Å². The minimum absolute atomic E-state index is 0.0213. The summed E-state index contributed by atoms with van der Waals surface area (Å²) in [6.45, 7) is 1.60. The molecular weight excluding hydrogens is 268 g/mol. The Labute approximate surface area is 112 Å². The maximum atomic E-state index is 12.1. The van der Waals surface area contributed by atoms with E-state index in [0.717, 1.165) is 0 Å². The first-order valence-electron chi connectivity index (χ1n) is 6.56. The molecule has 106 valence electrons. The van der Waals surface area contributed by atoms with Gasteiger partial charge in [0.25, 0.3) is 10.0 Å². The van der Waals surface area contributed by atoms with E-state index in [9.17, 15) is 8.42 Å². The Morgan fingerprint density at radius 3 is 2.74 bits per heavy atom. The predicted molar refractivity (Wildman–Crippen MR) is 68.1 cm³/mol. The summed E-state index contributed by atoms with van der Waals surface area (Å²) >= 11 is 0. The quantitative estimate of drug-likeness (QED) is 0.800. The van der Waals surface area contributed by atoms with Gasteiger partial charge in [0.2, 0.25) is 5.09 Å². The van der Waals surface area contributed by atoms with Gasteiger partial charge in [0.05, 0.1) is 13.2 Å². The number of sulfonamides is 1. The summed E-state index contributed by atoms with van der Waals surface area (Å²) < 4.78 is 37.3. The largest absolute Gasteiger partial charge is 0.447 e. The van der Waals surface area contributed by atoms with E-state index < -0.39 is 10.0 Å². The summed E-state index contributed by atoms with van der Waals surface area (Å²) in [5, 5.41) is 3.26. The third kappa shape index (κ3) is 3.36. The molecule has 19 heavy (non-hydrogen) atoms. The number of ether oxygens (including phenoxy) is 1. The Balaban J connectivity index is 1.62. The number of rotatable bonds is 6. The van der Waals surface area contributed by atoms with Crippen molar-refractivity contribution in [2.75, 3.05) is 13.2 Å². The van der Waals surface area contributed by atoms with Crippen LogP contribution in [-0.2, 0) is 21.3 Å². The zero-order valence-electron chi connectivity index (χ0n) is 10.6. The first-order valence-corrected chi connectivity index (χ1v) is 8.04. The van der Waals surface area contributed by atoms with Gasteiger partial charge in [-0.1, -0.05) is 0 Å². The Hall–Kier alpha value is -0.890. The smallest absolute Gasteiger partial charge is 0.274 e. The summed E-state index contributed by atoms with van der Waals surface area (Å²) in [6.07, 6.45) is 3.08. The normalized spacial score (nSPS) is 23.9. The van der Waals surface area contributed by atoms with Crippen molar-refractivity contribution in [1.29, 1.82) is 0 Å². The zero-order valence-corrected chi connectivity index (χ0v) is 11.4. The molecule has 0 spiro atoms. The fourth-order valence-corrected chi connectivity index (χ4v) is 3.24. The molecule has 3 rings (SSSR count). The van der Waals surface area contributed by atoms with Crippen LogP contribution in [0.3, 0.4) is 0 Å². The van der Waals surface area contributed by atoms with E-state index in [2.05, 4.69) is 10.0 Å². The molecule has 1 aromatic heterocycles. The van der Waals surface area contributed by atoms with Crippen LogP contribution in [0.5, 0.6) is 0 Å².